The van der Waals surface area contributed by atoms with Crippen molar-refractivity contribution in [3.05, 3.63) is 63.9 Å². The first-order valence-electron chi connectivity index (χ1n) is 6.78. The van der Waals surface area contributed by atoms with E-state index in [2.05, 4.69) is 0 Å². The summed E-state index contributed by atoms with van der Waals surface area (Å²) >= 11 is 5.83. The topological polar surface area (TPSA) is 61.4 Å². The number of oxazole rings is 1. The first-order valence-corrected chi connectivity index (χ1v) is 7.16. The zero-order valence-electron chi connectivity index (χ0n) is 11.8. The van der Waals surface area contributed by atoms with E-state index in [1.54, 1.807) is 12.1 Å². The molecule has 0 bridgehead atoms. The molecule has 0 aliphatic rings. The summed E-state index contributed by atoms with van der Waals surface area (Å²) in [6.07, 6.45) is -0.0618. The Hall–Kier alpha value is -2.60. The summed E-state index contributed by atoms with van der Waals surface area (Å²) in [5.74, 6) is -1.54. The number of halogens is 2. The molecule has 0 aliphatic carbocycles. The molecule has 7 heteroatoms. The lowest BCUT2D eigenvalue weighted by atomic mass is 10.3. The number of carbonyl (C=O) groups is 1. The molecule has 0 amide bonds. The highest BCUT2D eigenvalue weighted by molar-refractivity contribution is 6.31. The lowest BCUT2D eigenvalue weighted by Crippen LogP contribution is -2.18. The number of aromatic nitrogens is 1. The Bertz CT molecular complexity index is 931. The number of aryl methyl sites for hydroxylation is 1. The Kier molecular flexibility index (Phi) is 4.16. The van der Waals surface area contributed by atoms with Gasteiger partial charge >= 0.3 is 11.7 Å². The summed E-state index contributed by atoms with van der Waals surface area (Å²) in [6, 6.07) is 10.1. The Morgan fingerprint density at radius 1 is 1.26 bits per heavy atom. The van der Waals surface area contributed by atoms with Crippen molar-refractivity contribution in [3.8, 4) is 5.75 Å². The molecule has 23 heavy (non-hydrogen) atoms. The van der Waals surface area contributed by atoms with Crippen LogP contribution in [-0.2, 0) is 11.3 Å². The second kappa shape index (κ2) is 6.26. The predicted octanol–water partition coefficient (Wildman–Crippen LogP) is 3.38. The van der Waals surface area contributed by atoms with E-state index in [1.165, 1.54) is 28.8 Å². The number of carbonyl (C=O) groups excluding carboxylic acids is 1. The van der Waals surface area contributed by atoms with E-state index in [-0.39, 0.29) is 18.7 Å². The molecule has 0 fully saturated rings. The maximum Gasteiger partial charge on any atom is 0.419 e. The molecule has 0 N–H and O–H groups in total. The number of hydrogen-bond donors (Lipinski definition) is 0. The van der Waals surface area contributed by atoms with Crippen LogP contribution in [0.25, 0.3) is 11.1 Å². The summed E-state index contributed by atoms with van der Waals surface area (Å²) in [7, 11) is 0. The van der Waals surface area contributed by atoms with Crippen molar-refractivity contribution in [3.63, 3.8) is 0 Å². The number of fused-ring (bicyclic) bond motifs is 1. The Balaban J connectivity index is 1.72. The highest BCUT2D eigenvalue weighted by Gasteiger charge is 2.12. The van der Waals surface area contributed by atoms with Gasteiger partial charge in [0.15, 0.2) is 5.58 Å². The fraction of sp³-hybridized carbons (Fsp3) is 0.125. The van der Waals surface area contributed by atoms with E-state index >= 15 is 0 Å². The van der Waals surface area contributed by atoms with Crippen LogP contribution in [0.3, 0.4) is 0 Å². The van der Waals surface area contributed by atoms with Crippen molar-refractivity contribution >= 4 is 28.7 Å². The minimum absolute atomic E-state index is 0.0618. The SMILES string of the molecule is O=C(CCn1c(=O)oc2cc(Cl)ccc21)Oc1cccc(F)c1. The second-order valence-electron chi connectivity index (χ2n) is 4.81. The van der Waals surface area contributed by atoms with Crippen molar-refractivity contribution < 1.29 is 18.3 Å². The first kappa shape index (κ1) is 15.3. The summed E-state index contributed by atoms with van der Waals surface area (Å²) in [4.78, 5) is 23.6. The average molecular weight is 336 g/mol. The number of ether oxygens (including phenoxy) is 1. The third-order valence-corrected chi connectivity index (χ3v) is 3.43. The third kappa shape index (κ3) is 3.43. The van der Waals surface area contributed by atoms with Crippen LogP contribution in [0.1, 0.15) is 6.42 Å². The van der Waals surface area contributed by atoms with Crippen LogP contribution in [0.5, 0.6) is 5.75 Å². The van der Waals surface area contributed by atoms with Gasteiger partial charge in [-0.3, -0.25) is 9.36 Å². The molecule has 0 saturated heterocycles. The fourth-order valence-electron chi connectivity index (χ4n) is 2.17. The van der Waals surface area contributed by atoms with Gasteiger partial charge in [-0.15, -0.1) is 0 Å². The standard InChI is InChI=1S/C16H11ClFNO4/c17-10-4-5-13-14(8-10)23-16(21)19(13)7-6-15(20)22-12-3-1-2-11(18)9-12/h1-5,8-9H,6-7H2. The molecule has 3 aromatic rings. The van der Waals surface area contributed by atoms with E-state index in [9.17, 15) is 14.0 Å². The van der Waals surface area contributed by atoms with Crippen LogP contribution < -0.4 is 10.5 Å². The molecule has 2 aromatic carbocycles. The molecule has 118 valence electrons. The van der Waals surface area contributed by atoms with Crippen LogP contribution in [-0.4, -0.2) is 10.5 Å². The fourth-order valence-corrected chi connectivity index (χ4v) is 2.33. The summed E-state index contributed by atoms with van der Waals surface area (Å²) in [6.45, 7) is 0.0849. The maximum absolute atomic E-state index is 13.0. The van der Waals surface area contributed by atoms with Gasteiger partial charge in [-0.25, -0.2) is 9.18 Å². The normalized spacial score (nSPS) is 10.9. The van der Waals surface area contributed by atoms with Crippen molar-refractivity contribution in [1.29, 1.82) is 0 Å². The van der Waals surface area contributed by atoms with Crippen molar-refractivity contribution in [2.45, 2.75) is 13.0 Å². The van der Waals surface area contributed by atoms with Gasteiger partial charge in [0.05, 0.1) is 11.9 Å². The lowest BCUT2D eigenvalue weighted by Gasteiger charge is -2.05. The van der Waals surface area contributed by atoms with E-state index in [0.29, 0.717) is 16.1 Å². The minimum Gasteiger partial charge on any atom is -0.426 e. The molecule has 5 nitrogen and oxygen atoms in total. The molecule has 3 rings (SSSR count). The van der Waals surface area contributed by atoms with Gasteiger partial charge in [-0.2, -0.15) is 0 Å². The van der Waals surface area contributed by atoms with E-state index in [0.717, 1.165) is 6.07 Å². The Labute approximate surface area is 134 Å². The monoisotopic (exact) mass is 335 g/mol. The van der Waals surface area contributed by atoms with Gasteiger partial charge in [0.2, 0.25) is 0 Å². The smallest absolute Gasteiger partial charge is 0.419 e. The van der Waals surface area contributed by atoms with Gasteiger partial charge < -0.3 is 9.15 Å². The van der Waals surface area contributed by atoms with Gasteiger partial charge in [-0.1, -0.05) is 17.7 Å². The van der Waals surface area contributed by atoms with Crippen LogP contribution in [0.2, 0.25) is 5.02 Å². The molecule has 0 aliphatic heterocycles. The largest absolute Gasteiger partial charge is 0.426 e. The van der Waals surface area contributed by atoms with Crippen molar-refractivity contribution in [2.24, 2.45) is 0 Å². The molecular weight excluding hydrogens is 325 g/mol. The number of nitrogens with zero attached hydrogens (tertiary/aromatic N) is 1. The molecule has 0 saturated carbocycles. The van der Waals surface area contributed by atoms with Crippen LogP contribution in [0.4, 0.5) is 4.39 Å². The molecular formula is C16H11ClFNO4. The first-order chi connectivity index (χ1) is 11.0. The molecule has 0 spiro atoms. The number of rotatable bonds is 4. The lowest BCUT2D eigenvalue weighted by molar-refractivity contribution is -0.134. The van der Waals surface area contributed by atoms with Crippen molar-refractivity contribution in [1.82, 2.24) is 4.57 Å². The number of benzene rings is 2. The Morgan fingerprint density at radius 2 is 2.09 bits per heavy atom. The second-order valence-corrected chi connectivity index (χ2v) is 5.25. The summed E-state index contributed by atoms with van der Waals surface area (Å²) in [5.41, 5.74) is 0.888. The van der Waals surface area contributed by atoms with E-state index < -0.39 is 17.5 Å². The van der Waals surface area contributed by atoms with Gasteiger partial charge in [0.25, 0.3) is 0 Å². The highest BCUT2D eigenvalue weighted by atomic mass is 35.5. The Morgan fingerprint density at radius 3 is 2.87 bits per heavy atom. The van der Waals surface area contributed by atoms with Crippen LogP contribution >= 0.6 is 11.6 Å². The van der Waals surface area contributed by atoms with Gasteiger partial charge in [0.1, 0.15) is 11.6 Å². The average Bonchev–Trinajstić information content (AvgIpc) is 2.79. The molecule has 0 atom stereocenters. The van der Waals surface area contributed by atoms with Crippen LogP contribution in [0, 0.1) is 5.82 Å². The minimum atomic E-state index is -0.583. The van der Waals surface area contributed by atoms with Crippen molar-refractivity contribution in [2.75, 3.05) is 0 Å². The molecule has 1 heterocycles. The van der Waals surface area contributed by atoms with Gasteiger partial charge in [-0.05, 0) is 24.3 Å². The quantitative estimate of drug-likeness (QED) is 0.541. The summed E-state index contributed by atoms with van der Waals surface area (Å²) < 4.78 is 24.4. The van der Waals surface area contributed by atoms with E-state index in [4.69, 9.17) is 20.8 Å². The van der Waals surface area contributed by atoms with Crippen LogP contribution in [0.15, 0.2) is 51.7 Å². The van der Waals surface area contributed by atoms with Gasteiger partial charge in [0, 0.05) is 23.7 Å². The summed E-state index contributed by atoms with van der Waals surface area (Å²) in [5, 5.41) is 0.448. The molecule has 0 radical (unpaired) electrons. The predicted molar refractivity (Wildman–Crippen MR) is 82.1 cm³/mol. The third-order valence-electron chi connectivity index (χ3n) is 3.20. The zero-order chi connectivity index (χ0) is 16.4. The molecule has 1 aromatic heterocycles. The number of hydrogen-bond acceptors (Lipinski definition) is 4. The maximum atomic E-state index is 13.0. The number of esters is 1. The highest BCUT2D eigenvalue weighted by Crippen LogP contribution is 2.19. The van der Waals surface area contributed by atoms with E-state index in [1.807, 2.05) is 0 Å². The zero-order valence-corrected chi connectivity index (χ0v) is 12.5. The molecule has 0 unspecified atom stereocenters.